The van der Waals surface area contributed by atoms with Gasteiger partial charge < -0.3 is 14.6 Å². The minimum Gasteiger partial charge on any atom is -0.491 e. The summed E-state index contributed by atoms with van der Waals surface area (Å²) in [6.07, 6.45) is 5.61. The monoisotopic (exact) mass is 512 g/mol. The van der Waals surface area contributed by atoms with Crippen LogP contribution in [0.4, 0.5) is 0 Å². The predicted molar refractivity (Wildman–Crippen MR) is 152 cm³/mol. The molecule has 0 amide bonds. The molecule has 0 bridgehead atoms. The van der Waals surface area contributed by atoms with Crippen LogP contribution in [0, 0.1) is 26.2 Å². The van der Waals surface area contributed by atoms with Gasteiger partial charge in [0, 0.05) is 12.5 Å². The summed E-state index contributed by atoms with van der Waals surface area (Å²) in [5.74, 6) is 0.408. The Hall–Kier alpha value is -3.11. The van der Waals surface area contributed by atoms with Gasteiger partial charge in [-0.25, -0.2) is 0 Å². The molecule has 4 heteroatoms. The van der Waals surface area contributed by atoms with E-state index in [2.05, 4.69) is 69.3 Å². The lowest BCUT2D eigenvalue weighted by Crippen LogP contribution is -2.13. The first-order valence-corrected chi connectivity index (χ1v) is 14.1. The van der Waals surface area contributed by atoms with E-state index in [1.165, 1.54) is 62.9 Å². The van der Waals surface area contributed by atoms with Gasteiger partial charge in [0.1, 0.15) is 12.4 Å². The third-order valence-electron chi connectivity index (χ3n) is 8.74. The van der Waals surface area contributed by atoms with Crippen molar-refractivity contribution in [3.8, 4) is 16.9 Å². The van der Waals surface area contributed by atoms with E-state index in [9.17, 15) is 9.90 Å². The Bertz CT molecular complexity index is 1310. The molecule has 0 saturated heterocycles. The number of ether oxygens (including phenoxy) is 2. The second-order valence-electron chi connectivity index (χ2n) is 11.3. The van der Waals surface area contributed by atoms with Crippen LogP contribution < -0.4 is 4.74 Å². The number of carbonyl (C=O) groups is 1. The minimum absolute atomic E-state index is 0.191. The molecule has 1 spiro atoms. The highest BCUT2D eigenvalue weighted by Gasteiger charge is 2.54. The Morgan fingerprint density at radius 2 is 1.76 bits per heavy atom. The van der Waals surface area contributed by atoms with Crippen LogP contribution in [0.2, 0.25) is 0 Å². The second-order valence-corrected chi connectivity index (χ2v) is 11.3. The van der Waals surface area contributed by atoms with Gasteiger partial charge in [-0.2, -0.15) is 0 Å². The summed E-state index contributed by atoms with van der Waals surface area (Å²) in [5, 5.41) is 9.44. The van der Waals surface area contributed by atoms with Gasteiger partial charge in [-0.15, -0.1) is 0 Å². The van der Waals surface area contributed by atoms with E-state index < -0.39 is 5.97 Å². The van der Waals surface area contributed by atoms with Crippen LogP contribution >= 0.6 is 0 Å². The van der Waals surface area contributed by atoms with Crippen LogP contribution in [0.25, 0.3) is 11.1 Å². The third kappa shape index (κ3) is 5.37. The smallest absolute Gasteiger partial charge is 0.303 e. The maximum atomic E-state index is 11.5. The summed E-state index contributed by atoms with van der Waals surface area (Å²) < 4.78 is 11.3. The van der Waals surface area contributed by atoms with Crippen molar-refractivity contribution >= 4 is 5.97 Å². The Morgan fingerprint density at radius 1 is 1.00 bits per heavy atom. The topological polar surface area (TPSA) is 55.8 Å². The lowest BCUT2D eigenvalue weighted by Gasteiger charge is -2.18. The Kier molecular flexibility index (Phi) is 7.63. The number of fused-ring (bicyclic) bond motifs is 1. The molecule has 1 saturated carbocycles. The third-order valence-corrected chi connectivity index (χ3v) is 8.74. The van der Waals surface area contributed by atoms with E-state index >= 15 is 0 Å². The van der Waals surface area contributed by atoms with Gasteiger partial charge in [-0.1, -0.05) is 36.4 Å². The highest BCUT2D eigenvalue weighted by atomic mass is 16.5. The normalized spacial score (nSPS) is 17.0. The first kappa shape index (κ1) is 26.5. The fraction of sp³-hybridized carbons (Fsp3) is 0.441. The van der Waals surface area contributed by atoms with Crippen LogP contribution in [0.1, 0.15) is 71.0 Å². The van der Waals surface area contributed by atoms with Crippen LogP contribution in [0.3, 0.4) is 0 Å². The average Bonchev–Trinajstić information content (AvgIpc) is 3.59. The second kappa shape index (κ2) is 10.9. The summed E-state index contributed by atoms with van der Waals surface area (Å²) in [7, 11) is 0. The number of rotatable bonds is 11. The molecule has 4 nitrogen and oxygen atoms in total. The lowest BCUT2D eigenvalue weighted by molar-refractivity contribution is -0.137. The largest absolute Gasteiger partial charge is 0.491 e. The number of hydrogen-bond acceptors (Lipinski definition) is 3. The van der Waals surface area contributed by atoms with Gasteiger partial charge in [0.25, 0.3) is 0 Å². The summed E-state index contributed by atoms with van der Waals surface area (Å²) in [5.41, 5.74) is 12.0. The van der Waals surface area contributed by atoms with Crippen molar-refractivity contribution in [3.05, 3.63) is 87.5 Å². The van der Waals surface area contributed by atoms with Gasteiger partial charge in [-0.05, 0) is 127 Å². The van der Waals surface area contributed by atoms with Crippen molar-refractivity contribution in [3.63, 3.8) is 0 Å². The molecule has 3 aromatic rings. The summed E-state index contributed by atoms with van der Waals surface area (Å²) >= 11 is 0. The number of hydrogen-bond donors (Lipinski definition) is 1. The van der Waals surface area contributed by atoms with Crippen molar-refractivity contribution in [2.45, 2.75) is 72.1 Å². The SMILES string of the molecule is CCOCCOc1cc(C)c(-c2cccc(CCc3ccc4c(c3)CC3(CC3)C4CC(=O)O)c2C)c(C)c1. The van der Waals surface area contributed by atoms with E-state index in [0.29, 0.717) is 19.8 Å². The van der Waals surface area contributed by atoms with E-state index in [1.54, 1.807) is 0 Å². The van der Waals surface area contributed by atoms with Gasteiger partial charge in [-0.3, -0.25) is 4.79 Å². The molecule has 5 rings (SSSR count). The highest BCUT2D eigenvalue weighted by Crippen LogP contribution is 2.64. The summed E-state index contributed by atoms with van der Waals surface area (Å²) in [4.78, 5) is 11.5. The maximum Gasteiger partial charge on any atom is 0.303 e. The van der Waals surface area contributed by atoms with Crippen LogP contribution in [-0.2, 0) is 28.8 Å². The molecule has 0 radical (unpaired) electrons. The molecule has 2 aliphatic rings. The molecule has 1 unspecified atom stereocenters. The van der Waals surface area contributed by atoms with E-state index in [1.807, 2.05) is 6.92 Å². The average molecular weight is 513 g/mol. The van der Waals surface area contributed by atoms with Crippen molar-refractivity contribution in [1.29, 1.82) is 0 Å². The molecule has 38 heavy (non-hydrogen) atoms. The number of benzene rings is 3. The molecule has 3 aromatic carbocycles. The summed E-state index contributed by atoms with van der Waals surface area (Å²) in [6, 6.07) is 17.7. The van der Waals surface area contributed by atoms with Crippen molar-refractivity contribution < 1.29 is 19.4 Å². The van der Waals surface area contributed by atoms with Gasteiger partial charge in [0.2, 0.25) is 0 Å². The molecule has 1 atom stereocenters. The van der Waals surface area contributed by atoms with Gasteiger partial charge >= 0.3 is 5.97 Å². The van der Waals surface area contributed by atoms with E-state index in [4.69, 9.17) is 9.47 Å². The Balaban J connectivity index is 1.31. The van der Waals surface area contributed by atoms with E-state index in [-0.39, 0.29) is 17.8 Å². The molecule has 200 valence electrons. The van der Waals surface area contributed by atoms with Crippen molar-refractivity contribution in [1.82, 2.24) is 0 Å². The zero-order valence-corrected chi connectivity index (χ0v) is 23.2. The lowest BCUT2D eigenvalue weighted by atomic mass is 9.86. The molecule has 1 fully saturated rings. The molecule has 0 aromatic heterocycles. The van der Waals surface area contributed by atoms with E-state index in [0.717, 1.165) is 25.0 Å². The Labute approximate surface area is 227 Å². The summed E-state index contributed by atoms with van der Waals surface area (Å²) in [6.45, 7) is 10.4. The standard InChI is InChI=1S/C34H40O4/c1-5-37-15-16-38-28-17-22(2)33(23(3)18-28)29-8-6-7-26(24(29)4)11-9-25-10-12-30-27(19-25)21-34(13-14-34)31(30)20-32(35)36/h6-8,10,12,17-19,31H,5,9,11,13-16,20-21H2,1-4H3,(H,35,36). The maximum absolute atomic E-state index is 11.5. The number of aliphatic carboxylic acids is 1. The number of carboxylic acid groups (broad SMARTS) is 1. The molecule has 0 heterocycles. The van der Waals surface area contributed by atoms with Crippen LogP contribution in [0.5, 0.6) is 5.75 Å². The first-order valence-electron chi connectivity index (χ1n) is 14.1. The van der Waals surface area contributed by atoms with Crippen LogP contribution in [-0.4, -0.2) is 30.9 Å². The van der Waals surface area contributed by atoms with Crippen LogP contribution in [0.15, 0.2) is 48.5 Å². The number of carboxylic acids is 1. The zero-order valence-electron chi connectivity index (χ0n) is 23.2. The van der Waals surface area contributed by atoms with Gasteiger partial charge in [0.05, 0.1) is 13.0 Å². The zero-order chi connectivity index (χ0) is 26.9. The number of aryl methyl sites for hydroxylation is 4. The van der Waals surface area contributed by atoms with Crippen molar-refractivity contribution in [2.24, 2.45) is 5.41 Å². The molecule has 2 aliphatic carbocycles. The van der Waals surface area contributed by atoms with Gasteiger partial charge in [0.15, 0.2) is 0 Å². The predicted octanol–water partition coefficient (Wildman–Crippen LogP) is 7.37. The molecular formula is C34H40O4. The Morgan fingerprint density at radius 3 is 2.45 bits per heavy atom. The first-order chi connectivity index (χ1) is 18.3. The molecule has 1 N–H and O–H groups in total. The minimum atomic E-state index is -0.678. The fourth-order valence-electron chi connectivity index (χ4n) is 6.63. The fourth-order valence-corrected chi connectivity index (χ4v) is 6.63. The quantitative estimate of drug-likeness (QED) is 0.273. The van der Waals surface area contributed by atoms with Crippen molar-refractivity contribution in [2.75, 3.05) is 19.8 Å². The molecule has 0 aliphatic heterocycles. The molecular weight excluding hydrogens is 472 g/mol. The highest BCUT2D eigenvalue weighted by molar-refractivity contribution is 5.75.